The van der Waals surface area contributed by atoms with Crippen LogP contribution < -0.4 is 46.4 Å². The molecular formula is C68H47N5Si2. The van der Waals surface area contributed by atoms with Crippen molar-refractivity contribution in [1.29, 1.82) is 0 Å². The molecule has 4 aromatic heterocycles. The highest BCUT2D eigenvalue weighted by Crippen LogP contribution is 2.43. The van der Waals surface area contributed by atoms with Crippen molar-refractivity contribution in [2.45, 2.75) is 0 Å². The zero-order chi connectivity index (χ0) is 49.5. The molecule has 5 heterocycles. The summed E-state index contributed by atoms with van der Waals surface area (Å²) in [7, 11) is -6.34. The molecule has 0 amide bonds. The molecule has 0 bridgehead atoms. The first-order valence-electron chi connectivity index (χ1n) is 25.7. The van der Waals surface area contributed by atoms with Crippen molar-refractivity contribution in [2.75, 3.05) is 4.90 Å². The highest BCUT2D eigenvalue weighted by atomic mass is 28.3. The van der Waals surface area contributed by atoms with Gasteiger partial charge in [0.05, 0.1) is 16.6 Å². The second kappa shape index (κ2) is 17.1. The number of hydrogen-bond acceptors (Lipinski definition) is 3. The predicted octanol–water partition coefficient (Wildman–Crippen LogP) is 10.7. The van der Waals surface area contributed by atoms with Crippen LogP contribution in [0.1, 0.15) is 0 Å². The van der Waals surface area contributed by atoms with Crippen LogP contribution in [0.25, 0.3) is 54.9 Å². The number of benzene rings is 10. The lowest BCUT2D eigenvalue weighted by Crippen LogP contribution is -2.77. The van der Waals surface area contributed by atoms with Crippen LogP contribution in [-0.2, 0) is 0 Å². The molecular weight excluding hydrogens is 943 g/mol. The molecule has 0 fully saturated rings. The summed E-state index contributed by atoms with van der Waals surface area (Å²) in [6, 6.07) is 100.0. The van der Waals surface area contributed by atoms with Crippen LogP contribution in [0.15, 0.2) is 286 Å². The van der Waals surface area contributed by atoms with Gasteiger partial charge in [0.1, 0.15) is 11.5 Å². The van der Waals surface area contributed by atoms with E-state index in [1.165, 1.54) is 74.4 Å². The summed E-state index contributed by atoms with van der Waals surface area (Å²) in [6.45, 7) is 0. The second-order valence-corrected chi connectivity index (χ2v) is 27.2. The highest BCUT2D eigenvalue weighted by Gasteiger charge is 2.51. The molecule has 0 atom stereocenters. The van der Waals surface area contributed by atoms with E-state index in [1.807, 2.05) is 18.5 Å². The van der Waals surface area contributed by atoms with E-state index >= 15 is 0 Å². The first-order valence-corrected chi connectivity index (χ1v) is 29.7. The van der Waals surface area contributed by atoms with E-state index in [0.717, 1.165) is 39.1 Å². The molecule has 0 aliphatic carbocycles. The number of fused-ring (bicyclic) bond motifs is 12. The average Bonchev–Trinajstić information content (AvgIpc) is 4.17. The van der Waals surface area contributed by atoms with Gasteiger partial charge in [0.2, 0.25) is 0 Å². The Kier molecular flexibility index (Phi) is 9.85. The Labute approximate surface area is 436 Å². The number of pyridine rings is 2. The van der Waals surface area contributed by atoms with Crippen LogP contribution in [0.4, 0.5) is 17.1 Å². The van der Waals surface area contributed by atoms with Gasteiger partial charge in [0.25, 0.3) is 0 Å². The van der Waals surface area contributed by atoms with Crippen LogP contribution in [0.3, 0.4) is 0 Å². The number of anilines is 3. The topological polar surface area (TPSA) is 38.4 Å². The third-order valence-corrected chi connectivity index (χ3v) is 25.7. The smallest absolute Gasteiger partial charge is 0.184 e. The zero-order valence-electron chi connectivity index (χ0n) is 40.9. The van der Waals surface area contributed by atoms with E-state index in [9.17, 15) is 0 Å². The minimum Gasteiger partial charge on any atom is -0.311 e. The molecule has 14 aromatic rings. The van der Waals surface area contributed by atoms with Crippen LogP contribution in [0, 0.1) is 0 Å². The maximum absolute atomic E-state index is 5.20. The molecule has 0 saturated heterocycles. The summed E-state index contributed by atoms with van der Waals surface area (Å²) in [5, 5.41) is 16.6. The quantitative estimate of drug-likeness (QED) is 0.0865. The van der Waals surface area contributed by atoms with Gasteiger partial charge in [-0.15, -0.1) is 0 Å². The van der Waals surface area contributed by atoms with Crippen molar-refractivity contribution in [1.82, 2.24) is 18.9 Å². The van der Waals surface area contributed by atoms with E-state index in [2.05, 4.69) is 281 Å². The Morgan fingerprint density at radius 1 is 0.373 bits per heavy atom. The first kappa shape index (κ1) is 43.2. The van der Waals surface area contributed by atoms with E-state index in [4.69, 9.17) is 9.97 Å². The van der Waals surface area contributed by atoms with Gasteiger partial charge in [0.15, 0.2) is 16.1 Å². The molecule has 352 valence electrons. The maximum Gasteiger partial charge on any atom is 0.184 e. The van der Waals surface area contributed by atoms with Crippen LogP contribution in [0.2, 0.25) is 0 Å². The van der Waals surface area contributed by atoms with Gasteiger partial charge in [-0.25, -0.2) is 9.97 Å². The molecule has 0 radical (unpaired) electrons. The molecule has 5 nitrogen and oxygen atoms in total. The number of imidazole rings is 1. The van der Waals surface area contributed by atoms with Crippen molar-refractivity contribution in [3.63, 3.8) is 0 Å². The minimum absolute atomic E-state index is 0.878. The molecule has 0 N–H and O–H groups in total. The lowest BCUT2D eigenvalue weighted by Gasteiger charge is -2.45. The largest absolute Gasteiger partial charge is 0.311 e. The van der Waals surface area contributed by atoms with Crippen molar-refractivity contribution < 1.29 is 0 Å². The van der Waals surface area contributed by atoms with Crippen LogP contribution in [-0.4, -0.2) is 35.1 Å². The van der Waals surface area contributed by atoms with E-state index < -0.39 is 16.1 Å². The summed E-state index contributed by atoms with van der Waals surface area (Å²) in [4.78, 5) is 12.8. The van der Waals surface area contributed by atoms with Crippen molar-refractivity contribution in [3.05, 3.63) is 286 Å². The summed E-state index contributed by atoms with van der Waals surface area (Å²) >= 11 is 0. The van der Waals surface area contributed by atoms with Gasteiger partial charge >= 0.3 is 0 Å². The third-order valence-electron chi connectivity index (χ3n) is 16.0. The number of nitrogens with zero attached hydrogens (tertiary/aromatic N) is 5. The summed E-state index contributed by atoms with van der Waals surface area (Å²) in [5.74, 6) is 0.878. The average molecular weight is 990 g/mol. The Morgan fingerprint density at radius 3 is 1.67 bits per heavy atom. The van der Waals surface area contributed by atoms with Gasteiger partial charge in [-0.05, 0) is 101 Å². The van der Waals surface area contributed by atoms with Gasteiger partial charge in [0, 0.05) is 57.2 Å². The third kappa shape index (κ3) is 6.23. The molecule has 10 aromatic carbocycles. The molecule has 15 rings (SSSR count). The summed E-state index contributed by atoms with van der Waals surface area (Å²) in [5.41, 5.74) is 7.89. The van der Waals surface area contributed by atoms with Crippen molar-refractivity contribution in [2.24, 2.45) is 0 Å². The lowest BCUT2D eigenvalue weighted by atomic mass is 10.1. The SMILES string of the molecule is c1ccc(N2c3ccccc3[Si](c3ccccc3)(c3ccccc3)c3c2ccc2c3c3ccc([Si](c4ccccc4)(c4ccccc4)c4ccc5c6ccccc6n6ccnc6c5c4)cc3n2-c2ccccn2)cc1. The van der Waals surface area contributed by atoms with Crippen molar-refractivity contribution >= 4 is 124 Å². The molecule has 1 aliphatic rings. The fourth-order valence-corrected chi connectivity index (χ4v) is 23.2. The second-order valence-electron chi connectivity index (χ2n) is 19.7. The normalized spacial score (nSPS) is 13.1. The maximum atomic E-state index is 5.20. The van der Waals surface area contributed by atoms with E-state index in [1.54, 1.807) is 0 Å². The Bertz CT molecular complexity index is 4390. The van der Waals surface area contributed by atoms with E-state index in [-0.39, 0.29) is 0 Å². The molecule has 0 unspecified atom stereocenters. The number of para-hydroxylation sites is 3. The molecule has 7 heteroatoms. The van der Waals surface area contributed by atoms with E-state index in [0.29, 0.717) is 0 Å². The van der Waals surface area contributed by atoms with Crippen LogP contribution >= 0.6 is 0 Å². The monoisotopic (exact) mass is 989 g/mol. The standard InChI is InChI=1S/C68H47N5Si2/c1-6-22-48(23-7-1)72-60-34-18-19-35-64(60)75(51-28-12-4-13-29-51,52-30-14-5-15-31-52)67-62(72)42-41-61-66(67)57-40-38-54(47-63(57)73(61)65-36-20-21-43-69-65)74(49-24-8-2-9-25-49,50-26-10-3-11-27-50)53-37-39-55-56-32-16-17-33-59(56)71-45-44-70-68(71)58(55)46-53/h1-47H. The van der Waals surface area contributed by atoms with Gasteiger partial charge in [-0.2, -0.15) is 0 Å². The molecule has 75 heavy (non-hydrogen) atoms. The first-order chi connectivity index (χ1) is 37.2. The van der Waals surface area contributed by atoms with Crippen LogP contribution in [0.5, 0.6) is 0 Å². The summed E-state index contributed by atoms with van der Waals surface area (Å²) < 4.78 is 4.70. The molecule has 0 spiro atoms. The fraction of sp³-hybridized carbons (Fsp3) is 0. The molecule has 0 saturated carbocycles. The summed E-state index contributed by atoms with van der Waals surface area (Å²) in [6.07, 6.45) is 5.95. The predicted molar refractivity (Wildman–Crippen MR) is 318 cm³/mol. The highest BCUT2D eigenvalue weighted by molar-refractivity contribution is 7.22. The lowest BCUT2D eigenvalue weighted by molar-refractivity contribution is 1.08. The number of rotatable bonds is 8. The number of hydrogen-bond donors (Lipinski definition) is 0. The van der Waals surface area contributed by atoms with Gasteiger partial charge in [-0.3, -0.25) is 8.97 Å². The van der Waals surface area contributed by atoms with Gasteiger partial charge < -0.3 is 4.90 Å². The zero-order valence-corrected chi connectivity index (χ0v) is 42.9. The Morgan fingerprint density at radius 2 is 0.973 bits per heavy atom. The van der Waals surface area contributed by atoms with Crippen molar-refractivity contribution in [3.8, 4) is 5.82 Å². The Hall–Kier alpha value is -9.41. The number of aromatic nitrogens is 4. The minimum atomic E-state index is -3.18. The molecule has 1 aliphatic heterocycles. The fourth-order valence-electron chi connectivity index (χ4n) is 13.1. The Balaban J connectivity index is 1.11. The van der Waals surface area contributed by atoms with Gasteiger partial charge in [-0.1, -0.05) is 212 Å².